The molecule has 1 atom stereocenters. The van der Waals surface area contributed by atoms with E-state index in [0.29, 0.717) is 38.4 Å². The van der Waals surface area contributed by atoms with Crippen molar-refractivity contribution in [3.05, 3.63) is 39.8 Å². The summed E-state index contributed by atoms with van der Waals surface area (Å²) in [4.78, 5) is 35.9. The van der Waals surface area contributed by atoms with E-state index in [1.165, 1.54) is 4.90 Å². The number of hydrogen-bond donors (Lipinski definition) is 2. The van der Waals surface area contributed by atoms with Gasteiger partial charge in [0.25, 0.3) is 12.0 Å². The van der Waals surface area contributed by atoms with Gasteiger partial charge in [-0.2, -0.15) is 0 Å². The highest BCUT2D eigenvalue weighted by atomic mass is 16.7. The molecule has 1 aliphatic rings. The molecule has 1 amide bonds. The lowest BCUT2D eigenvalue weighted by Gasteiger charge is -2.36. The number of carbonyl (C=O) groups excluding carboxylic acids is 2. The molecule has 11 heteroatoms. The number of aliphatic hydroxyl groups excluding tert-OH is 1. The summed E-state index contributed by atoms with van der Waals surface area (Å²) in [6.07, 6.45) is -1.51. The molecule has 1 aliphatic heterocycles. The van der Waals surface area contributed by atoms with Crippen LogP contribution in [0.25, 0.3) is 10.4 Å². The number of ether oxygens (including phenoxy) is 1. The molecule has 0 radical (unpaired) electrons. The van der Waals surface area contributed by atoms with Crippen LogP contribution >= 0.6 is 0 Å². The van der Waals surface area contributed by atoms with E-state index in [4.69, 9.17) is 16.2 Å². The Morgan fingerprint density at radius 3 is 2.50 bits per heavy atom. The Morgan fingerprint density at radius 1 is 1.30 bits per heavy atom. The van der Waals surface area contributed by atoms with Crippen molar-refractivity contribution < 1.29 is 24.3 Å². The predicted octanol–water partition coefficient (Wildman–Crippen LogP) is 1.37. The number of aliphatic hydroxyl groups is 1. The summed E-state index contributed by atoms with van der Waals surface area (Å²) in [6, 6.07) is 5.17. The van der Waals surface area contributed by atoms with Crippen molar-refractivity contribution in [2.75, 3.05) is 26.2 Å². The molecule has 3 N–H and O–H groups in total. The summed E-state index contributed by atoms with van der Waals surface area (Å²) >= 11 is 0. The molecule has 0 spiro atoms. The molecule has 1 fully saturated rings. The van der Waals surface area contributed by atoms with Crippen LogP contribution < -0.4 is 5.90 Å². The van der Waals surface area contributed by atoms with Gasteiger partial charge in [0, 0.05) is 43.3 Å². The number of benzene rings is 1. The molecule has 0 aromatic heterocycles. The molecular weight excluding hydrogens is 392 g/mol. The van der Waals surface area contributed by atoms with Gasteiger partial charge in [-0.05, 0) is 37.4 Å². The van der Waals surface area contributed by atoms with E-state index < -0.39 is 23.6 Å². The third-order valence-corrected chi connectivity index (χ3v) is 4.54. The van der Waals surface area contributed by atoms with Crippen LogP contribution in [0.15, 0.2) is 23.3 Å². The van der Waals surface area contributed by atoms with E-state index >= 15 is 0 Å². The van der Waals surface area contributed by atoms with Crippen molar-refractivity contribution in [1.29, 1.82) is 0 Å². The molecule has 0 bridgehead atoms. The van der Waals surface area contributed by atoms with Crippen LogP contribution in [0.4, 0.5) is 5.69 Å². The highest BCUT2D eigenvalue weighted by Gasteiger charge is 2.36. The third kappa shape index (κ3) is 6.41. The lowest BCUT2D eigenvalue weighted by molar-refractivity contribution is -0.176. The van der Waals surface area contributed by atoms with Crippen molar-refractivity contribution in [3.63, 3.8) is 0 Å². The molecule has 164 valence electrons. The Labute approximate surface area is 174 Å². The first kappa shape index (κ1) is 23.6. The minimum Gasteiger partial charge on any atom is -0.458 e. The molecule has 11 nitrogen and oxygen atoms in total. The zero-order valence-electron chi connectivity index (χ0n) is 17.4. The van der Waals surface area contributed by atoms with Gasteiger partial charge in [0.1, 0.15) is 5.60 Å². The van der Waals surface area contributed by atoms with E-state index in [-0.39, 0.29) is 6.61 Å². The standard InChI is InChI=1S/C19H28N6O5/c1-19(2,3)29-18(28)16(30-21)17(27)25-8-6-24(7-9-25)11-14-10-13(12-26)4-5-15(14)22-23-20/h4-5,10,16,26H,6-9,11-12,21H2,1-3H3. The van der Waals surface area contributed by atoms with Crippen LogP contribution in [0.3, 0.4) is 0 Å². The van der Waals surface area contributed by atoms with Crippen molar-refractivity contribution in [2.45, 2.75) is 45.6 Å². The van der Waals surface area contributed by atoms with Gasteiger partial charge in [0.05, 0.1) is 6.61 Å². The highest BCUT2D eigenvalue weighted by molar-refractivity contribution is 6.01. The Balaban J connectivity index is 2.00. The molecule has 1 heterocycles. The third-order valence-electron chi connectivity index (χ3n) is 4.54. The molecular formula is C19H28N6O5. The summed E-state index contributed by atoms with van der Waals surface area (Å²) in [6.45, 7) is 7.28. The maximum absolute atomic E-state index is 12.7. The van der Waals surface area contributed by atoms with Crippen LogP contribution in [0.1, 0.15) is 31.9 Å². The average Bonchev–Trinajstić information content (AvgIpc) is 2.69. The minimum absolute atomic E-state index is 0.114. The number of rotatable bonds is 7. The monoisotopic (exact) mass is 420 g/mol. The van der Waals surface area contributed by atoms with Crippen LogP contribution in [-0.2, 0) is 32.3 Å². The van der Waals surface area contributed by atoms with E-state index in [1.807, 2.05) is 0 Å². The lowest BCUT2D eigenvalue weighted by Crippen LogP contribution is -2.54. The van der Waals surface area contributed by atoms with Gasteiger partial charge >= 0.3 is 5.97 Å². The summed E-state index contributed by atoms with van der Waals surface area (Å²) in [7, 11) is 0. The molecule has 2 rings (SSSR count). The van der Waals surface area contributed by atoms with Crippen LogP contribution in [-0.4, -0.2) is 64.7 Å². The summed E-state index contributed by atoms with van der Waals surface area (Å²) in [5.41, 5.74) is 9.99. The number of hydrogen-bond acceptors (Lipinski definition) is 8. The van der Waals surface area contributed by atoms with Gasteiger partial charge in [0.2, 0.25) is 0 Å². The topological polar surface area (TPSA) is 154 Å². The average molecular weight is 420 g/mol. The van der Waals surface area contributed by atoms with Crippen molar-refractivity contribution >= 4 is 17.6 Å². The summed E-state index contributed by atoms with van der Waals surface area (Å²) in [5, 5.41) is 13.1. The van der Waals surface area contributed by atoms with Gasteiger partial charge in [-0.15, -0.1) is 0 Å². The normalized spacial score (nSPS) is 16.0. The zero-order valence-corrected chi connectivity index (χ0v) is 17.4. The second-order valence-corrected chi connectivity index (χ2v) is 7.96. The first-order valence-electron chi connectivity index (χ1n) is 9.55. The van der Waals surface area contributed by atoms with Gasteiger partial charge in [-0.3, -0.25) is 14.5 Å². The van der Waals surface area contributed by atoms with Gasteiger partial charge in [-0.25, -0.2) is 10.7 Å². The Kier molecular flexibility index (Phi) is 8.16. The second-order valence-electron chi connectivity index (χ2n) is 7.96. The molecule has 30 heavy (non-hydrogen) atoms. The van der Waals surface area contributed by atoms with E-state index in [0.717, 1.165) is 11.1 Å². The van der Waals surface area contributed by atoms with E-state index in [1.54, 1.807) is 39.0 Å². The number of nitrogens with two attached hydrogens (primary N) is 1. The van der Waals surface area contributed by atoms with E-state index in [2.05, 4.69) is 19.8 Å². The highest BCUT2D eigenvalue weighted by Crippen LogP contribution is 2.23. The summed E-state index contributed by atoms with van der Waals surface area (Å²) < 4.78 is 5.20. The van der Waals surface area contributed by atoms with Crippen LogP contribution in [0.5, 0.6) is 0 Å². The Morgan fingerprint density at radius 2 is 1.97 bits per heavy atom. The van der Waals surface area contributed by atoms with Crippen molar-refractivity contribution in [2.24, 2.45) is 11.0 Å². The summed E-state index contributed by atoms with van der Waals surface area (Å²) in [5.74, 6) is 3.82. The van der Waals surface area contributed by atoms with E-state index in [9.17, 15) is 14.7 Å². The number of amides is 1. The van der Waals surface area contributed by atoms with Gasteiger partial charge < -0.3 is 14.7 Å². The zero-order chi connectivity index (χ0) is 22.3. The fourth-order valence-electron chi connectivity index (χ4n) is 3.11. The Bertz CT molecular complexity index is 810. The maximum Gasteiger partial charge on any atom is 0.347 e. The minimum atomic E-state index is -1.51. The number of piperazine rings is 1. The first-order chi connectivity index (χ1) is 14.2. The smallest absolute Gasteiger partial charge is 0.347 e. The van der Waals surface area contributed by atoms with Gasteiger partial charge in [-0.1, -0.05) is 23.3 Å². The SMILES string of the molecule is CC(C)(C)OC(=O)C(ON)C(=O)N1CCN(Cc2cc(CO)ccc2N=[N+]=[N-])CC1. The molecule has 0 aliphatic carbocycles. The fourth-order valence-corrected chi connectivity index (χ4v) is 3.11. The maximum atomic E-state index is 12.7. The lowest BCUT2D eigenvalue weighted by atomic mass is 10.1. The number of esters is 1. The predicted molar refractivity (Wildman–Crippen MR) is 108 cm³/mol. The molecule has 1 saturated heterocycles. The van der Waals surface area contributed by atoms with Gasteiger partial charge in [0.15, 0.2) is 0 Å². The molecule has 0 saturated carbocycles. The second kappa shape index (κ2) is 10.4. The fraction of sp³-hybridized carbons (Fsp3) is 0.579. The quantitative estimate of drug-likeness (QED) is 0.169. The van der Waals surface area contributed by atoms with Crippen LogP contribution in [0.2, 0.25) is 0 Å². The number of nitrogens with zero attached hydrogens (tertiary/aromatic N) is 5. The molecule has 1 aromatic carbocycles. The first-order valence-corrected chi connectivity index (χ1v) is 9.55. The Hall–Kier alpha value is -2.69. The number of carbonyl (C=O) groups is 2. The van der Waals surface area contributed by atoms with Crippen molar-refractivity contribution in [3.8, 4) is 0 Å². The van der Waals surface area contributed by atoms with Crippen molar-refractivity contribution in [1.82, 2.24) is 9.80 Å². The molecule has 1 unspecified atom stereocenters. The largest absolute Gasteiger partial charge is 0.458 e. The van der Waals surface area contributed by atoms with Crippen LogP contribution in [0, 0.1) is 0 Å². The number of azide groups is 1. The molecule has 1 aromatic rings.